The van der Waals surface area contributed by atoms with Crippen molar-refractivity contribution in [2.24, 2.45) is 0 Å². The van der Waals surface area contributed by atoms with Crippen molar-refractivity contribution >= 4 is 34.8 Å². The molecular formula is C14H12ClN3S. The van der Waals surface area contributed by atoms with Crippen molar-refractivity contribution in [3.63, 3.8) is 0 Å². The number of rotatable bonds is 3. The molecule has 1 aromatic heterocycles. The van der Waals surface area contributed by atoms with Gasteiger partial charge in [-0.3, -0.25) is 0 Å². The van der Waals surface area contributed by atoms with Crippen LogP contribution in [0.2, 0.25) is 5.15 Å². The monoisotopic (exact) mass is 289 g/mol. The quantitative estimate of drug-likeness (QED) is 0.534. The van der Waals surface area contributed by atoms with Crippen molar-refractivity contribution in [3.8, 4) is 0 Å². The Labute approximate surface area is 120 Å². The summed E-state index contributed by atoms with van der Waals surface area (Å²) in [6.45, 7) is 0. The van der Waals surface area contributed by atoms with E-state index >= 15 is 0 Å². The van der Waals surface area contributed by atoms with Crippen LogP contribution in [0.25, 0.3) is 5.57 Å². The number of aromatic nitrogens is 2. The molecule has 0 fully saturated rings. The average molecular weight is 290 g/mol. The molecule has 19 heavy (non-hydrogen) atoms. The van der Waals surface area contributed by atoms with Gasteiger partial charge < -0.3 is 5.73 Å². The van der Waals surface area contributed by atoms with Crippen LogP contribution in [0.3, 0.4) is 0 Å². The van der Waals surface area contributed by atoms with Crippen LogP contribution in [0.15, 0.2) is 41.6 Å². The summed E-state index contributed by atoms with van der Waals surface area (Å²) in [5, 5.41) is 1.01. The number of allylic oxidation sites excluding steroid dienone is 1. The summed E-state index contributed by atoms with van der Waals surface area (Å²) < 4.78 is 0. The highest BCUT2D eigenvalue weighted by molar-refractivity contribution is 7.99. The Morgan fingerprint density at radius 3 is 2.95 bits per heavy atom. The van der Waals surface area contributed by atoms with Gasteiger partial charge in [-0.2, -0.15) is 0 Å². The molecule has 0 saturated heterocycles. The average Bonchev–Trinajstić information content (AvgIpc) is 2.78. The summed E-state index contributed by atoms with van der Waals surface area (Å²) in [5.41, 5.74) is 9.68. The number of nitrogens with two attached hydrogens (primary N) is 1. The van der Waals surface area contributed by atoms with E-state index in [1.54, 1.807) is 17.8 Å². The molecule has 1 aromatic carbocycles. The molecule has 0 saturated carbocycles. The number of benzene rings is 1. The van der Waals surface area contributed by atoms with Crippen molar-refractivity contribution in [2.75, 3.05) is 11.5 Å². The van der Waals surface area contributed by atoms with Crippen LogP contribution in [-0.4, -0.2) is 15.7 Å². The Kier molecular flexibility index (Phi) is 3.44. The van der Waals surface area contributed by atoms with Crippen molar-refractivity contribution < 1.29 is 0 Å². The molecule has 1 heterocycles. The summed E-state index contributed by atoms with van der Waals surface area (Å²) in [5.74, 6) is 1.24. The summed E-state index contributed by atoms with van der Waals surface area (Å²) in [6, 6.07) is 10.0. The molecule has 1 aliphatic carbocycles. The first-order chi connectivity index (χ1) is 9.22. The van der Waals surface area contributed by atoms with Crippen molar-refractivity contribution in [1.29, 1.82) is 0 Å². The molecule has 0 atom stereocenters. The van der Waals surface area contributed by atoms with Crippen molar-refractivity contribution in [2.45, 2.75) is 11.6 Å². The Balaban J connectivity index is 1.74. The smallest absolute Gasteiger partial charge is 0.191 e. The van der Waals surface area contributed by atoms with Gasteiger partial charge in [-0.25, -0.2) is 9.97 Å². The molecule has 0 amide bonds. The summed E-state index contributed by atoms with van der Waals surface area (Å²) in [4.78, 5) is 8.33. The summed E-state index contributed by atoms with van der Waals surface area (Å²) in [6.07, 6.45) is 3.26. The lowest BCUT2D eigenvalue weighted by Gasteiger charge is -2.05. The predicted molar refractivity (Wildman–Crippen MR) is 80.3 cm³/mol. The van der Waals surface area contributed by atoms with Crippen LogP contribution < -0.4 is 5.73 Å². The molecule has 0 bridgehead atoms. The predicted octanol–water partition coefficient (Wildman–Crippen LogP) is 3.44. The third-order valence-corrected chi connectivity index (χ3v) is 4.07. The summed E-state index contributed by atoms with van der Waals surface area (Å²) >= 11 is 7.42. The molecule has 0 spiro atoms. The first-order valence-corrected chi connectivity index (χ1v) is 7.29. The van der Waals surface area contributed by atoms with Crippen LogP contribution in [-0.2, 0) is 6.42 Å². The largest absolute Gasteiger partial charge is 0.384 e. The highest BCUT2D eigenvalue weighted by Crippen LogP contribution is 2.31. The highest BCUT2D eigenvalue weighted by Gasteiger charge is 2.14. The Hall–Kier alpha value is -1.52. The zero-order valence-corrected chi connectivity index (χ0v) is 11.7. The van der Waals surface area contributed by atoms with Gasteiger partial charge in [0.1, 0.15) is 11.0 Å². The van der Waals surface area contributed by atoms with Gasteiger partial charge in [0.05, 0.1) is 0 Å². The third kappa shape index (κ3) is 2.74. The molecule has 3 rings (SSSR count). The van der Waals surface area contributed by atoms with Crippen molar-refractivity contribution in [3.05, 3.63) is 52.7 Å². The minimum Gasteiger partial charge on any atom is -0.384 e. The van der Waals surface area contributed by atoms with Crippen LogP contribution in [0.1, 0.15) is 11.1 Å². The Morgan fingerprint density at radius 1 is 1.26 bits per heavy atom. The molecule has 1 aliphatic rings. The number of nitrogen functional groups attached to an aromatic ring is 1. The fourth-order valence-corrected chi connectivity index (χ4v) is 3.24. The molecule has 2 aromatic rings. The molecule has 3 nitrogen and oxygen atoms in total. The SMILES string of the molecule is Nc1cc(Cl)nc(SCC2=CCc3ccccc32)n1. The first-order valence-electron chi connectivity index (χ1n) is 5.92. The maximum atomic E-state index is 5.87. The lowest BCUT2D eigenvalue weighted by molar-refractivity contribution is 0.978. The van der Waals surface area contributed by atoms with Crippen LogP contribution in [0, 0.1) is 0 Å². The van der Waals surface area contributed by atoms with E-state index < -0.39 is 0 Å². The second-order valence-corrected chi connectivity index (χ2v) is 5.61. The Morgan fingerprint density at radius 2 is 2.11 bits per heavy atom. The van der Waals surface area contributed by atoms with Gasteiger partial charge in [0, 0.05) is 11.8 Å². The molecule has 0 aliphatic heterocycles. The molecule has 96 valence electrons. The second kappa shape index (κ2) is 5.23. The normalized spacial score (nSPS) is 13.2. The maximum Gasteiger partial charge on any atom is 0.191 e. The van der Waals surface area contributed by atoms with E-state index in [1.165, 1.54) is 16.7 Å². The van der Waals surface area contributed by atoms with E-state index in [9.17, 15) is 0 Å². The molecule has 5 heteroatoms. The standard InChI is InChI=1S/C14H12ClN3S/c15-12-7-13(16)18-14(17-12)19-8-10-6-5-9-3-1-2-4-11(9)10/h1-4,6-7H,5,8H2,(H2,16,17,18). The van der Waals surface area contributed by atoms with Gasteiger partial charge in [-0.05, 0) is 23.1 Å². The van der Waals surface area contributed by atoms with Crippen LogP contribution >= 0.6 is 23.4 Å². The number of nitrogens with zero attached hydrogens (tertiary/aromatic N) is 2. The number of fused-ring (bicyclic) bond motifs is 1. The third-order valence-electron chi connectivity index (χ3n) is 2.98. The van der Waals surface area contributed by atoms with Crippen LogP contribution in [0.4, 0.5) is 5.82 Å². The zero-order chi connectivity index (χ0) is 13.2. The van der Waals surface area contributed by atoms with E-state index in [0.29, 0.717) is 16.1 Å². The van der Waals surface area contributed by atoms with Gasteiger partial charge in [0.25, 0.3) is 0 Å². The van der Waals surface area contributed by atoms with Gasteiger partial charge >= 0.3 is 0 Å². The molecule has 2 N–H and O–H groups in total. The van der Waals surface area contributed by atoms with Gasteiger partial charge in [0.15, 0.2) is 5.16 Å². The fourth-order valence-electron chi connectivity index (χ4n) is 2.11. The highest BCUT2D eigenvalue weighted by atomic mass is 35.5. The number of thioether (sulfide) groups is 1. The molecule has 0 radical (unpaired) electrons. The van der Waals surface area contributed by atoms with Gasteiger partial charge in [-0.15, -0.1) is 0 Å². The van der Waals surface area contributed by atoms with E-state index in [2.05, 4.69) is 40.3 Å². The Bertz CT molecular complexity index is 635. The molecule has 0 unspecified atom stereocenters. The lowest BCUT2D eigenvalue weighted by atomic mass is 10.1. The second-order valence-electron chi connectivity index (χ2n) is 4.28. The first kappa shape index (κ1) is 12.5. The van der Waals surface area contributed by atoms with E-state index in [0.717, 1.165) is 12.2 Å². The van der Waals surface area contributed by atoms with Gasteiger partial charge in [0.2, 0.25) is 0 Å². The summed E-state index contributed by atoms with van der Waals surface area (Å²) in [7, 11) is 0. The van der Waals surface area contributed by atoms with E-state index in [-0.39, 0.29) is 0 Å². The minimum atomic E-state index is 0.385. The zero-order valence-electron chi connectivity index (χ0n) is 10.1. The minimum absolute atomic E-state index is 0.385. The van der Waals surface area contributed by atoms with Gasteiger partial charge in [-0.1, -0.05) is 53.7 Å². The number of halogens is 1. The van der Waals surface area contributed by atoms with E-state index in [4.69, 9.17) is 17.3 Å². The maximum absolute atomic E-state index is 5.87. The van der Waals surface area contributed by atoms with E-state index in [1.807, 2.05) is 0 Å². The van der Waals surface area contributed by atoms with Crippen molar-refractivity contribution in [1.82, 2.24) is 9.97 Å². The lowest BCUT2D eigenvalue weighted by Crippen LogP contribution is -1.96. The topological polar surface area (TPSA) is 51.8 Å². The number of anilines is 1. The van der Waals surface area contributed by atoms with Crippen LogP contribution in [0.5, 0.6) is 0 Å². The number of hydrogen-bond acceptors (Lipinski definition) is 4. The number of hydrogen-bond donors (Lipinski definition) is 1. The molecular weight excluding hydrogens is 278 g/mol. The fraction of sp³-hybridized carbons (Fsp3) is 0.143.